The smallest absolute Gasteiger partial charge is 0.0362 e. The van der Waals surface area contributed by atoms with E-state index in [-0.39, 0.29) is 0 Å². The fraction of sp³-hybridized carbons (Fsp3) is 0.375. The highest BCUT2D eigenvalue weighted by atomic mass is 14.2. The van der Waals surface area contributed by atoms with Gasteiger partial charge in [-0.3, -0.25) is 0 Å². The zero-order chi connectivity index (χ0) is 21.8. The van der Waals surface area contributed by atoms with Gasteiger partial charge in [0.05, 0.1) is 0 Å². The van der Waals surface area contributed by atoms with Crippen molar-refractivity contribution in [1.29, 1.82) is 0 Å². The molecule has 3 aromatic carbocycles. The van der Waals surface area contributed by atoms with Crippen LogP contribution in [0.4, 0.5) is 0 Å². The molecule has 0 heterocycles. The molecule has 3 aromatic rings. The summed E-state index contributed by atoms with van der Waals surface area (Å²) in [5.41, 5.74) is 7.91. The first-order valence-electron chi connectivity index (χ1n) is 12.7. The fourth-order valence-corrected chi connectivity index (χ4v) is 4.88. The highest BCUT2D eigenvalue weighted by Gasteiger charge is 2.14. The Morgan fingerprint density at radius 1 is 0.438 bits per heavy atom. The van der Waals surface area contributed by atoms with E-state index in [4.69, 9.17) is 0 Å². The lowest BCUT2D eigenvalue weighted by molar-refractivity contribution is 0.550. The van der Waals surface area contributed by atoms with Crippen LogP contribution in [0, 0.1) is 11.8 Å². The second-order valence-corrected chi connectivity index (χ2v) is 9.15. The van der Waals surface area contributed by atoms with E-state index in [9.17, 15) is 0 Å². The van der Waals surface area contributed by atoms with Crippen molar-refractivity contribution in [1.82, 2.24) is 0 Å². The third-order valence-electron chi connectivity index (χ3n) is 6.69. The molecule has 0 unspecified atom stereocenters. The topological polar surface area (TPSA) is 0 Å². The molecule has 0 aromatic heterocycles. The van der Waals surface area contributed by atoms with Crippen LogP contribution in [0.5, 0.6) is 0 Å². The summed E-state index contributed by atoms with van der Waals surface area (Å²) in [5.74, 6) is 7.12. The number of fused-ring (bicyclic) bond motifs is 3. The van der Waals surface area contributed by atoms with Crippen LogP contribution in [0.15, 0.2) is 72.8 Å². The minimum Gasteiger partial charge on any atom is -0.0622 e. The Labute approximate surface area is 195 Å². The molecule has 0 nitrogen and oxygen atoms in total. The van der Waals surface area contributed by atoms with Gasteiger partial charge in [-0.15, -0.1) is 0 Å². The highest BCUT2D eigenvalue weighted by Crippen LogP contribution is 2.32. The molecule has 0 fully saturated rings. The molecular weight excluding hydrogens is 384 g/mol. The molecule has 0 aliphatic heterocycles. The minimum atomic E-state index is 1.09. The van der Waals surface area contributed by atoms with Crippen LogP contribution in [-0.2, 0) is 12.8 Å². The molecule has 0 amide bonds. The van der Waals surface area contributed by atoms with Crippen molar-refractivity contribution in [2.24, 2.45) is 0 Å². The number of benzene rings is 3. The summed E-state index contributed by atoms with van der Waals surface area (Å²) in [5, 5.41) is 0. The van der Waals surface area contributed by atoms with E-state index < -0.39 is 0 Å². The molecule has 1 aliphatic rings. The maximum absolute atomic E-state index is 3.64. The number of hydrogen-bond donors (Lipinski definition) is 0. The molecule has 0 heteroatoms. The van der Waals surface area contributed by atoms with Gasteiger partial charge in [0.15, 0.2) is 0 Å². The van der Waals surface area contributed by atoms with E-state index in [1.54, 1.807) is 0 Å². The van der Waals surface area contributed by atoms with Crippen LogP contribution in [0.3, 0.4) is 0 Å². The Hall–Kier alpha value is -2.78. The number of rotatable bonds is 1. The summed E-state index contributed by atoms with van der Waals surface area (Å²) in [7, 11) is 0. The molecule has 0 N–H and O–H groups in total. The molecule has 0 radical (unpaired) electrons. The van der Waals surface area contributed by atoms with Crippen molar-refractivity contribution in [2.45, 2.75) is 77.0 Å². The highest BCUT2D eigenvalue weighted by molar-refractivity contribution is 5.76. The molecule has 1 aliphatic carbocycles. The Kier molecular flexibility index (Phi) is 8.62. The van der Waals surface area contributed by atoms with Crippen molar-refractivity contribution in [3.63, 3.8) is 0 Å². The lowest BCUT2D eigenvalue weighted by atomic mass is 9.87. The Morgan fingerprint density at radius 3 is 1.56 bits per heavy atom. The first-order valence-corrected chi connectivity index (χ1v) is 12.7. The summed E-state index contributed by atoms with van der Waals surface area (Å²) in [6, 6.07) is 26.1. The summed E-state index contributed by atoms with van der Waals surface area (Å²) in [6.45, 7) is 0. The molecular formula is C32H36. The number of hydrogen-bond acceptors (Lipinski definition) is 0. The van der Waals surface area contributed by atoms with Crippen molar-refractivity contribution >= 4 is 0 Å². The standard InChI is InChI=1S/C32H36/c1-2-4-6-8-14-22-30-25-24-28(19-13-7-5-3-1)31(26-23-27-17-11-9-12-18-27)32(30)29-20-15-10-16-21-29/h9-12,15-18,20-21,24-25H,1-8,13-14,19,22H2. The van der Waals surface area contributed by atoms with Gasteiger partial charge in [-0.25, -0.2) is 0 Å². The Morgan fingerprint density at radius 2 is 0.938 bits per heavy atom. The molecule has 4 rings (SSSR count). The molecule has 2 bridgehead atoms. The van der Waals surface area contributed by atoms with Gasteiger partial charge in [-0.2, -0.15) is 0 Å². The number of aryl methyl sites for hydroxylation is 2. The van der Waals surface area contributed by atoms with E-state index in [1.165, 1.54) is 92.0 Å². The van der Waals surface area contributed by atoms with E-state index in [1.807, 2.05) is 0 Å². The quantitative estimate of drug-likeness (QED) is 0.345. The van der Waals surface area contributed by atoms with E-state index in [0.717, 1.165) is 18.4 Å². The van der Waals surface area contributed by atoms with Crippen LogP contribution in [0.2, 0.25) is 0 Å². The second-order valence-electron chi connectivity index (χ2n) is 9.15. The van der Waals surface area contributed by atoms with Gasteiger partial charge in [-0.05, 0) is 54.5 Å². The van der Waals surface area contributed by atoms with E-state index in [0.29, 0.717) is 0 Å². The SMILES string of the molecule is C(#Cc1c2ccc(c1-c1ccccc1)CCCCCCCCCCCC2)c1ccccc1. The average molecular weight is 421 g/mol. The van der Waals surface area contributed by atoms with E-state index in [2.05, 4.69) is 84.6 Å². The van der Waals surface area contributed by atoms with Crippen molar-refractivity contribution in [2.75, 3.05) is 0 Å². The second kappa shape index (κ2) is 12.3. The lowest BCUT2D eigenvalue weighted by Gasteiger charge is -2.17. The Balaban J connectivity index is 1.76. The van der Waals surface area contributed by atoms with Crippen molar-refractivity contribution in [3.05, 3.63) is 95.1 Å². The fourth-order valence-electron chi connectivity index (χ4n) is 4.88. The zero-order valence-electron chi connectivity index (χ0n) is 19.4. The first kappa shape index (κ1) is 22.4. The predicted molar refractivity (Wildman–Crippen MR) is 138 cm³/mol. The molecule has 0 saturated carbocycles. The monoisotopic (exact) mass is 420 g/mol. The summed E-state index contributed by atoms with van der Waals surface area (Å²) in [6.07, 6.45) is 15.8. The van der Waals surface area contributed by atoms with Gasteiger partial charge in [0, 0.05) is 16.7 Å². The molecule has 164 valence electrons. The first-order chi connectivity index (χ1) is 15.9. The third-order valence-corrected chi connectivity index (χ3v) is 6.69. The van der Waals surface area contributed by atoms with Gasteiger partial charge in [0.2, 0.25) is 0 Å². The van der Waals surface area contributed by atoms with Crippen molar-refractivity contribution < 1.29 is 0 Å². The molecule has 0 saturated heterocycles. The zero-order valence-corrected chi connectivity index (χ0v) is 19.4. The van der Waals surface area contributed by atoms with Gasteiger partial charge >= 0.3 is 0 Å². The summed E-state index contributed by atoms with van der Waals surface area (Å²) < 4.78 is 0. The summed E-state index contributed by atoms with van der Waals surface area (Å²) >= 11 is 0. The molecule has 0 spiro atoms. The van der Waals surface area contributed by atoms with Crippen LogP contribution >= 0.6 is 0 Å². The van der Waals surface area contributed by atoms with Gasteiger partial charge < -0.3 is 0 Å². The van der Waals surface area contributed by atoms with Crippen LogP contribution in [-0.4, -0.2) is 0 Å². The van der Waals surface area contributed by atoms with Gasteiger partial charge in [0.25, 0.3) is 0 Å². The lowest BCUT2D eigenvalue weighted by Crippen LogP contribution is -2.01. The predicted octanol–water partition coefficient (Wildman–Crippen LogP) is 8.75. The third kappa shape index (κ3) is 6.37. The minimum absolute atomic E-state index is 1.09. The maximum Gasteiger partial charge on any atom is 0.0362 e. The molecule has 0 atom stereocenters. The van der Waals surface area contributed by atoms with Crippen LogP contribution in [0.25, 0.3) is 11.1 Å². The largest absolute Gasteiger partial charge is 0.0622 e. The summed E-state index contributed by atoms with van der Waals surface area (Å²) in [4.78, 5) is 0. The maximum atomic E-state index is 3.64. The average Bonchev–Trinajstić information content (AvgIpc) is 2.84. The van der Waals surface area contributed by atoms with Crippen LogP contribution in [0.1, 0.15) is 86.5 Å². The van der Waals surface area contributed by atoms with Gasteiger partial charge in [-0.1, -0.05) is 124 Å². The Bertz CT molecular complexity index is 1020. The molecule has 32 heavy (non-hydrogen) atoms. The van der Waals surface area contributed by atoms with E-state index >= 15 is 0 Å². The van der Waals surface area contributed by atoms with Crippen molar-refractivity contribution in [3.8, 4) is 23.0 Å². The normalized spacial score (nSPS) is 15.6. The van der Waals surface area contributed by atoms with Gasteiger partial charge in [0.1, 0.15) is 0 Å². The van der Waals surface area contributed by atoms with Crippen LogP contribution < -0.4 is 0 Å².